The Bertz CT molecular complexity index is 1000. The molecule has 0 aliphatic carbocycles. The lowest BCUT2D eigenvalue weighted by Crippen LogP contribution is -2.14. The number of halogens is 1. The van der Waals surface area contributed by atoms with E-state index in [9.17, 15) is 15.2 Å². The Kier molecular flexibility index (Phi) is 5.71. The SMILES string of the molecule is N#CC(/C(C(=O)c1ccccc1)=C(/O)c1ccccc1)c1ccc(Cl)cc1. The molecule has 0 saturated heterocycles. The van der Waals surface area contributed by atoms with Crippen LogP contribution in [0.1, 0.15) is 27.4 Å². The second kappa shape index (κ2) is 8.35. The van der Waals surface area contributed by atoms with Gasteiger partial charge in [-0.1, -0.05) is 84.4 Å². The summed E-state index contributed by atoms with van der Waals surface area (Å²) in [6.07, 6.45) is 0. The van der Waals surface area contributed by atoms with E-state index in [0.717, 1.165) is 0 Å². The van der Waals surface area contributed by atoms with Crippen molar-refractivity contribution >= 4 is 23.1 Å². The average Bonchev–Trinajstić information content (AvgIpc) is 2.73. The van der Waals surface area contributed by atoms with Crippen molar-refractivity contribution in [2.24, 2.45) is 0 Å². The first kappa shape index (κ1) is 18.4. The first-order valence-corrected chi connectivity index (χ1v) is 8.73. The minimum Gasteiger partial charge on any atom is -0.507 e. The summed E-state index contributed by atoms with van der Waals surface area (Å²) in [6.45, 7) is 0. The number of hydrogen-bond donors (Lipinski definition) is 1. The first-order chi connectivity index (χ1) is 13.1. The van der Waals surface area contributed by atoms with E-state index < -0.39 is 11.7 Å². The van der Waals surface area contributed by atoms with Gasteiger partial charge in [0.05, 0.1) is 11.6 Å². The van der Waals surface area contributed by atoms with Crippen LogP contribution in [0, 0.1) is 11.3 Å². The lowest BCUT2D eigenvalue weighted by molar-refractivity contribution is 0.102. The Labute approximate surface area is 162 Å². The number of aliphatic hydroxyl groups is 1. The van der Waals surface area contributed by atoms with E-state index in [-0.39, 0.29) is 11.3 Å². The van der Waals surface area contributed by atoms with Gasteiger partial charge in [-0.2, -0.15) is 5.26 Å². The maximum absolute atomic E-state index is 13.2. The quantitative estimate of drug-likeness (QED) is 0.349. The summed E-state index contributed by atoms with van der Waals surface area (Å²) < 4.78 is 0. The van der Waals surface area contributed by atoms with Crippen molar-refractivity contribution < 1.29 is 9.90 Å². The number of Topliss-reactive ketones (excluding diaryl/α,β-unsaturated/α-hetero) is 1. The van der Waals surface area contributed by atoms with Gasteiger partial charge in [0.25, 0.3) is 0 Å². The summed E-state index contributed by atoms with van der Waals surface area (Å²) in [4.78, 5) is 13.2. The molecule has 0 bridgehead atoms. The average molecular weight is 374 g/mol. The molecule has 0 spiro atoms. The molecule has 0 aliphatic rings. The van der Waals surface area contributed by atoms with Crippen LogP contribution in [-0.4, -0.2) is 10.9 Å². The number of aliphatic hydroxyl groups excluding tert-OH is 1. The fourth-order valence-corrected chi connectivity index (χ4v) is 2.96. The maximum Gasteiger partial charge on any atom is 0.194 e. The normalized spacial score (nSPS) is 12.6. The second-order valence-electron chi connectivity index (χ2n) is 5.94. The highest BCUT2D eigenvalue weighted by molar-refractivity contribution is 6.30. The molecule has 0 radical (unpaired) electrons. The van der Waals surface area contributed by atoms with E-state index >= 15 is 0 Å². The molecule has 4 heteroatoms. The van der Waals surface area contributed by atoms with Gasteiger partial charge in [-0.15, -0.1) is 0 Å². The Morgan fingerprint density at radius 3 is 1.89 bits per heavy atom. The molecule has 0 aliphatic heterocycles. The number of hydrogen-bond acceptors (Lipinski definition) is 3. The van der Waals surface area contributed by atoms with Crippen molar-refractivity contribution in [2.45, 2.75) is 5.92 Å². The summed E-state index contributed by atoms with van der Waals surface area (Å²) in [5.41, 5.74) is 1.51. The molecule has 132 valence electrons. The number of rotatable bonds is 5. The van der Waals surface area contributed by atoms with Crippen molar-refractivity contribution in [3.05, 3.63) is 112 Å². The van der Waals surface area contributed by atoms with Crippen molar-refractivity contribution in [2.75, 3.05) is 0 Å². The first-order valence-electron chi connectivity index (χ1n) is 8.35. The molecule has 27 heavy (non-hydrogen) atoms. The molecular formula is C23H16ClNO2. The number of carbonyl (C=O) groups excluding carboxylic acids is 1. The number of nitrogens with zero attached hydrogens (tertiary/aromatic N) is 1. The van der Waals surface area contributed by atoms with Crippen molar-refractivity contribution in [3.63, 3.8) is 0 Å². The molecule has 0 fully saturated rings. The van der Waals surface area contributed by atoms with Crippen LogP contribution >= 0.6 is 11.6 Å². The summed E-state index contributed by atoms with van der Waals surface area (Å²) >= 11 is 5.94. The fraction of sp³-hybridized carbons (Fsp3) is 0.0435. The molecule has 0 aromatic heterocycles. The molecule has 3 aromatic carbocycles. The molecule has 3 rings (SSSR count). The number of ketones is 1. The molecule has 0 heterocycles. The van der Waals surface area contributed by atoms with Crippen LogP contribution in [0.5, 0.6) is 0 Å². The molecule has 3 aromatic rings. The molecule has 1 atom stereocenters. The summed E-state index contributed by atoms with van der Waals surface area (Å²) in [5, 5.41) is 21.3. The molecule has 0 saturated carbocycles. The third-order valence-corrected chi connectivity index (χ3v) is 4.46. The van der Waals surface area contributed by atoms with Crippen LogP contribution in [0.2, 0.25) is 5.02 Å². The second-order valence-corrected chi connectivity index (χ2v) is 6.37. The van der Waals surface area contributed by atoms with Crippen molar-refractivity contribution in [1.82, 2.24) is 0 Å². The molecular weight excluding hydrogens is 358 g/mol. The highest BCUT2D eigenvalue weighted by atomic mass is 35.5. The minimum atomic E-state index is -0.935. The number of nitriles is 1. The van der Waals surface area contributed by atoms with Gasteiger partial charge in [0, 0.05) is 16.1 Å². The van der Waals surface area contributed by atoms with Crippen LogP contribution in [0.4, 0.5) is 0 Å². The van der Waals surface area contributed by atoms with E-state index in [0.29, 0.717) is 21.7 Å². The summed E-state index contributed by atoms with van der Waals surface area (Å²) in [7, 11) is 0. The molecule has 0 amide bonds. The molecule has 1 unspecified atom stereocenters. The van der Waals surface area contributed by atoms with Crippen LogP contribution in [0.25, 0.3) is 5.76 Å². The Hall–Kier alpha value is -3.35. The number of allylic oxidation sites excluding steroid dienone is 1. The van der Waals surface area contributed by atoms with Gasteiger partial charge in [-0.25, -0.2) is 0 Å². The largest absolute Gasteiger partial charge is 0.507 e. The third-order valence-electron chi connectivity index (χ3n) is 4.20. The molecule has 3 nitrogen and oxygen atoms in total. The zero-order chi connectivity index (χ0) is 19.2. The van der Waals surface area contributed by atoms with Crippen LogP contribution in [0.3, 0.4) is 0 Å². The van der Waals surface area contributed by atoms with E-state index in [1.807, 2.05) is 6.07 Å². The van der Waals surface area contributed by atoms with Gasteiger partial charge in [0.15, 0.2) is 5.78 Å². The predicted octanol–water partition coefficient (Wildman–Crippen LogP) is 5.80. The Morgan fingerprint density at radius 1 is 0.852 bits per heavy atom. The number of carbonyl (C=O) groups is 1. The van der Waals surface area contributed by atoms with Gasteiger partial charge in [0.1, 0.15) is 11.7 Å². The third kappa shape index (κ3) is 4.08. The van der Waals surface area contributed by atoms with Gasteiger partial charge >= 0.3 is 0 Å². The zero-order valence-electron chi connectivity index (χ0n) is 14.3. The fourth-order valence-electron chi connectivity index (χ4n) is 2.83. The van der Waals surface area contributed by atoms with Crippen LogP contribution in [0.15, 0.2) is 90.5 Å². The maximum atomic E-state index is 13.2. The Balaban J connectivity index is 2.19. The number of benzene rings is 3. The van der Waals surface area contributed by atoms with Crippen LogP contribution < -0.4 is 0 Å². The van der Waals surface area contributed by atoms with Gasteiger partial charge in [-0.3, -0.25) is 4.79 Å². The van der Waals surface area contributed by atoms with E-state index in [4.69, 9.17) is 11.6 Å². The summed E-state index contributed by atoms with van der Waals surface area (Å²) in [5.74, 6) is -1.53. The van der Waals surface area contributed by atoms with E-state index in [1.54, 1.807) is 78.9 Å². The van der Waals surface area contributed by atoms with E-state index in [1.165, 1.54) is 0 Å². The topological polar surface area (TPSA) is 61.1 Å². The zero-order valence-corrected chi connectivity index (χ0v) is 15.1. The van der Waals surface area contributed by atoms with E-state index in [2.05, 4.69) is 6.07 Å². The lowest BCUT2D eigenvalue weighted by atomic mass is 9.85. The Morgan fingerprint density at radius 2 is 1.37 bits per heavy atom. The van der Waals surface area contributed by atoms with Crippen molar-refractivity contribution in [3.8, 4) is 6.07 Å². The van der Waals surface area contributed by atoms with Gasteiger partial charge < -0.3 is 5.11 Å². The lowest BCUT2D eigenvalue weighted by Gasteiger charge is -2.16. The minimum absolute atomic E-state index is 0.0391. The summed E-state index contributed by atoms with van der Waals surface area (Å²) in [6, 6.07) is 26.2. The van der Waals surface area contributed by atoms with Gasteiger partial charge in [-0.05, 0) is 17.7 Å². The standard InChI is InChI=1S/C23H16ClNO2/c24-19-13-11-16(12-14-19)20(15-25)21(22(26)17-7-3-1-4-8-17)23(27)18-9-5-2-6-10-18/h1-14,20,26H/b22-21-. The van der Waals surface area contributed by atoms with Crippen LogP contribution in [-0.2, 0) is 0 Å². The predicted molar refractivity (Wildman–Crippen MR) is 107 cm³/mol. The monoisotopic (exact) mass is 373 g/mol. The smallest absolute Gasteiger partial charge is 0.194 e. The van der Waals surface area contributed by atoms with Gasteiger partial charge in [0.2, 0.25) is 0 Å². The molecule has 1 N–H and O–H groups in total. The highest BCUT2D eigenvalue weighted by Gasteiger charge is 2.28. The van der Waals surface area contributed by atoms with Crippen molar-refractivity contribution in [1.29, 1.82) is 5.26 Å². The highest BCUT2D eigenvalue weighted by Crippen LogP contribution is 2.32.